The molecule has 370 valence electrons. The van der Waals surface area contributed by atoms with E-state index < -0.39 is 0 Å². The van der Waals surface area contributed by atoms with Crippen molar-refractivity contribution in [2.75, 3.05) is 0 Å². The molecule has 1 aliphatic carbocycles. The molecule has 0 bridgehead atoms. The van der Waals surface area contributed by atoms with Gasteiger partial charge in [0.2, 0.25) is 0 Å². The molecule has 0 atom stereocenters. The number of hydrogen-bond acceptors (Lipinski definition) is 0. The van der Waals surface area contributed by atoms with E-state index in [2.05, 4.69) is 305 Å². The predicted octanol–water partition coefficient (Wildman–Crippen LogP) is 21.9. The summed E-state index contributed by atoms with van der Waals surface area (Å²) in [5.41, 5.74) is 24.6. The Bertz CT molecular complexity index is 4370. The lowest BCUT2D eigenvalue weighted by atomic mass is 9.77. The minimum atomic E-state index is -0.337. The molecule has 0 N–H and O–H groups in total. The molecular formula is C79H54. The number of rotatable bonds is 8. The van der Waals surface area contributed by atoms with Crippen molar-refractivity contribution in [2.24, 2.45) is 0 Å². The molecule has 0 nitrogen and oxygen atoms in total. The number of benzene rings is 14. The molecule has 14 aromatic rings. The van der Waals surface area contributed by atoms with Gasteiger partial charge in [-0.05, 0) is 166 Å². The van der Waals surface area contributed by atoms with Crippen LogP contribution in [0.5, 0.6) is 0 Å². The molecule has 0 heterocycles. The van der Waals surface area contributed by atoms with Crippen LogP contribution in [0.3, 0.4) is 0 Å². The van der Waals surface area contributed by atoms with E-state index in [-0.39, 0.29) is 5.41 Å². The van der Waals surface area contributed by atoms with Crippen LogP contribution in [-0.2, 0) is 5.41 Å². The Kier molecular flexibility index (Phi) is 11.0. The van der Waals surface area contributed by atoms with Gasteiger partial charge in [-0.25, -0.2) is 0 Å². The molecule has 0 spiro atoms. The van der Waals surface area contributed by atoms with Crippen molar-refractivity contribution in [3.63, 3.8) is 0 Å². The van der Waals surface area contributed by atoms with Gasteiger partial charge in [-0.1, -0.05) is 293 Å². The van der Waals surface area contributed by atoms with Gasteiger partial charge in [0.05, 0.1) is 0 Å². The monoisotopic (exact) mass is 1000 g/mol. The predicted molar refractivity (Wildman–Crippen MR) is 338 cm³/mol. The Morgan fingerprint density at radius 2 is 0.430 bits per heavy atom. The van der Waals surface area contributed by atoms with Crippen molar-refractivity contribution in [3.05, 3.63) is 302 Å². The Morgan fingerprint density at radius 1 is 0.190 bits per heavy atom. The average Bonchev–Trinajstić information content (AvgIpc) is 4.01. The first-order valence-corrected chi connectivity index (χ1v) is 27.7. The molecule has 0 heteroatoms. The molecule has 1 aliphatic rings. The Balaban J connectivity index is 0.991. The summed E-state index contributed by atoms with van der Waals surface area (Å²) in [6.45, 7) is 4.89. The average molecular weight is 1000 g/mol. The summed E-state index contributed by atoms with van der Waals surface area (Å²) in [6, 6.07) is 108. The Morgan fingerprint density at radius 3 is 0.696 bits per heavy atom. The highest BCUT2D eigenvalue weighted by Crippen LogP contribution is 2.56. The molecule has 0 fully saturated rings. The van der Waals surface area contributed by atoms with Crippen LogP contribution in [0.2, 0.25) is 0 Å². The van der Waals surface area contributed by atoms with Crippen molar-refractivity contribution < 1.29 is 0 Å². The fourth-order valence-corrected chi connectivity index (χ4v) is 13.5. The van der Waals surface area contributed by atoms with Crippen molar-refractivity contribution in [1.82, 2.24) is 0 Å². The summed E-state index contributed by atoms with van der Waals surface area (Å²) < 4.78 is 0. The van der Waals surface area contributed by atoms with Crippen molar-refractivity contribution in [1.29, 1.82) is 0 Å². The van der Waals surface area contributed by atoms with Crippen LogP contribution in [0.15, 0.2) is 291 Å². The Labute approximate surface area is 462 Å². The zero-order valence-corrected chi connectivity index (χ0v) is 44.2. The van der Waals surface area contributed by atoms with Gasteiger partial charge in [-0.3, -0.25) is 0 Å². The summed E-state index contributed by atoms with van der Waals surface area (Å²) in [6.07, 6.45) is 0. The topological polar surface area (TPSA) is 0 Å². The standard InChI is InChI=1S/C79H54/c1-79(2)69-49-57(73-67-43-23-37-59(51-25-9-3-10-26-51)75(67)71(55-33-17-7-18-34-55)65-41-21-39-61(77(65)73)53-29-13-5-14-30-53)45-47-63(69)64-48-46-58(50-70(64)79)74-68-44-24-38-60(52-27-11-4-12-28-52)76(68)72(56-35-19-8-20-36-56)66-42-22-40-62(78(66)74)54-31-15-6-16-32-54/h3-50H,1-2H3. The third kappa shape index (κ3) is 7.44. The molecule has 14 aromatic carbocycles. The van der Waals surface area contributed by atoms with E-state index in [1.807, 2.05) is 0 Å². The van der Waals surface area contributed by atoms with E-state index >= 15 is 0 Å². The van der Waals surface area contributed by atoms with Crippen molar-refractivity contribution >= 4 is 43.1 Å². The number of hydrogen-bond donors (Lipinski definition) is 0. The third-order valence-electron chi connectivity index (χ3n) is 17.1. The van der Waals surface area contributed by atoms with Gasteiger partial charge in [0.25, 0.3) is 0 Å². The van der Waals surface area contributed by atoms with Crippen LogP contribution >= 0.6 is 0 Å². The molecule has 0 saturated heterocycles. The summed E-state index contributed by atoms with van der Waals surface area (Å²) >= 11 is 0. The second-order valence-electron chi connectivity index (χ2n) is 21.8. The summed E-state index contributed by atoms with van der Waals surface area (Å²) in [7, 11) is 0. The fraction of sp³-hybridized carbons (Fsp3) is 0.0380. The lowest BCUT2D eigenvalue weighted by Gasteiger charge is -2.25. The van der Waals surface area contributed by atoms with Gasteiger partial charge in [-0.2, -0.15) is 0 Å². The molecule has 0 unspecified atom stereocenters. The van der Waals surface area contributed by atoms with Crippen molar-refractivity contribution in [3.8, 4) is 100 Å². The lowest BCUT2D eigenvalue weighted by Crippen LogP contribution is -2.15. The van der Waals surface area contributed by atoms with Gasteiger partial charge in [0.15, 0.2) is 0 Å². The van der Waals surface area contributed by atoms with Gasteiger partial charge in [0, 0.05) is 5.41 Å². The van der Waals surface area contributed by atoms with Crippen LogP contribution in [0.1, 0.15) is 25.0 Å². The molecule has 0 radical (unpaired) electrons. The first-order valence-electron chi connectivity index (χ1n) is 27.7. The van der Waals surface area contributed by atoms with Crippen LogP contribution in [0, 0.1) is 0 Å². The van der Waals surface area contributed by atoms with Gasteiger partial charge < -0.3 is 0 Å². The maximum absolute atomic E-state index is 2.54. The third-order valence-corrected chi connectivity index (χ3v) is 17.1. The second-order valence-corrected chi connectivity index (χ2v) is 21.8. The first-order chi connectivity index (χ1) is 39.0. The van der Waals surface area contributed by atoms with E-state index in [1.165, 1.54) is 154 Å². The maximum Gasteiger partial charge on any atom is 0.0159 e. The highest BCUT2D eigenvalue weighted by molar-refractivity contribution is 6.29. The highest BCUT2D eigenvalue weighted by Gasteiger charge is 2.37. The Hall–Kier alpha value is -9.88. The van der Waals surface area contributed by atoms with Crippen LogP contribution in [-0.4, -0.2) is 0 Å². The zero-order valence-electron chi connectivity index (χ0n) is 44.2. The zero-order chi connectivity index (χ0) is 52.6. The van der Waals surface area contributed by atoms with Crippen LogP contribution < -0.4 is 0 Å². The number of fused-ring (bicyclic) bond motifs is 7. The van der Waals surface area contributed by atoms with Crippen LogP contribution in [0.4, 0.5) is 0 Å². The largest absolute Gasteiger partial charge is 0.0622 e. The SMILES string of the molecule is CC1(C)c2cc(-c3c4cccc(-c5ccccc5)c4c(-c4ccccc4)c4cccc(-c5ccccc5)c34)ccc2-c2ccc(-c3c4cccc(-c5ccccc5)c4c(-c4ccccc4)c4cccc(-c5ccccc5)c34)cc21. The van der Waals surface area contributed by atoms with E-state index in [4.69, 9.17) is 0 Å². The van der Waals surface area contributed by atoms with E-state index in [1.54, 1.807) is 0 Å². The van der Waals surface area contributed by atoms with E-state index in [0.717, 1.165) is 0 Å². The van der Waals surface area contributed by atoms with Gasteiger partial charge in [-0.15, -0.1) is 0 Å². The van der Waals surface area contributed by atoms with E-state index in [0.29, 0.717) is 0 Å². The summed E-state index contributed by atoms with van der Waals surface area (Å²) in [5.74, 6) is 0. The molecular weight excluding hydrogens is 949 g/mol. The summed E-state index contributed by atoms with van der Waals surface area (Å²) in [4.78, 5) is 0. The fourth-order valence-electron chi connectivity index (χ4n) is 13.5. The quantitative estimate of drug-likeness (QED) is 0.133. The normalized spacial score (nSPS) is 12.5. The summed E-state index contributed by atoms with van der Waals surface area (Å²) in [5, 5.41) is 10.0. The molecule has 0 amide bonds. The van der Waals surface area contributed by atoms with Gasteiger partial charge >= 0.3 is 0 Å². The first kappa shape index (κ1) is 46.4. The minimum absolute atomic E-state index is 0.337. The maximum atomic E-state index is 2.54. The molecule has 0 saturated carbocycles. The van der Waals surface area contributed by atoms with E-state index in [9.17, 15) is 0 Å². The van der Waals surface area contributed by atoms with Crippen LogP contribution in [0.25, 0.3) is 143 Å². The minimum Gasteiger partial charge on any atom is -0.0622 e. The van der Waals surface area contributed by atoms with Gasteiger partial charge in [0.1, 0.15) is 0 Å². The van der Waals surface area contributed by atoms with Crippen molar-refractivity contribution in [2.45, 2.75) is 19.3 Å². The molecule has 15 rings (SSSR count). The smallest absolute Gasteiger partial charge is 0.0159 e. The lowest BCUT2D eigenvalue weighted by molar-refractivity contribution is 0.661. The second kappa shape index (κ2) is 18.7. The molecule has 79 heavy (non-hydrogen) atoms. The molecule has 0 aliphatic heterocycles. The molecule has 0 aromatic heterocycles. The highest BCUT2D eigenvalue weighted by atomic mass is 14.4.